The fourth-order valence-electron chi connectivity index (χ4n) is 9.21. The highest BCUT2D eigenvalue weighted by molar-refractivity contribution is 6.33. The summed E-state index contributed by atoms with van der Waals surface area (Å²) in [7, 11) is 5.03. The lowest BCUT2D eigenvalue weighted by Gasteiger charge is -2.50. The van der Waals surface area contributed by atoms with Gasteiger partial charge in [0.1, 0.15) is 35.4 Å². The molecule has 18 atom stereocenters. The first-order valence-corrected chi connectivity index (χ1v) is 21.7. The Morgan fingerprint density at radius 1 is 0.839 bits per heavy atom. The van der Waals surface area contributed by atoms with E-state index in [9.17, 15) is 30.0 Å². The van der Waals surface area contributed by atoms with Gasteiger partial charge in [-0.3, -0.25) is 9.59 Å². The molecule has 1 aromatic rings. The van der Waals surface area contributed by atoms with Crippen LogP contribution in [-0.4, -0.2) is 167 Å². The number of cyclic esters (lactones) is 1. The zero-order valence-corrected chi connectivity index (χ0v) is 39.2. The number of Topliss-reactive ketones (excluding diaryl/α,β-unsaturated/α-hetero) is 1. The fourth-order valence-corrected chi connectivity index (χ4v) is 9.21. The average Bonchev–Trinajstić information content (AvgIpc) is 3.22. The van der Waals surface area contributed by atoms with Crippen molar-refractivity contribution in [1.82, 2.24) is 4.90 Å². The molecule has 356 valence electrons. The molecule has 3 heterocycles. The minimum absolute atomic E-state index is 0.111. The Bertz CT molecular complexity index is 1540. The molecule has 62 heavy (non-hydrogen) atoms. The summed E-state index contributed by atoms with van der Waals surface area (Å²) < 4.78 is 48.4. The largest absolute Gasteiger partial charge is 0.707 e. The topological polar surface area (TPSA) is 233 Å². The van der Waals surface area contributed by atoms with E-state index in [1.807, 2.05) is 38.9 Å². The van der Waals surface area contributed by atoms with E-state index in [1.54, 1.807) is 72.7 Å². The maximum Gasteiger partial charge on any atom is 0.707 e. The van der Waals surface area contributed by atoms with Crippen molar-refractivity contribution in [2.45, 2.75) is 179 Å². The van der Waals surface area contributed by atoms with Gasteiger partial charge in [-0.05, 0) is 87.0 Å². The van der Waals surface area contributed by atoms with E-state index < -0.39 is 109 Å². The molecule has 3 saturated heterocycles. The lowest BCUT2D eigenvalue weighted by atomic mass is 9.74. The zero-order chi connectivity index (χ0) is 47.1. The van der Waals surface area contributed by atoms with E-state index in [4.69, 9.17) is 43.2 Å². The molecule has 0 spiro atoms. The van der Waals surface area contributed by atoms with Gasteiger partial charge in [0.25, 0.3) is 0 Å². The third-order valence-corrected chi connectivity index (χ3v) is 13.3. The number of likely N-dealkylation sites (N-methyl/N-ethyl adjacent to an activating group) is 1. The number of ether oxygens (including phenoxy) is 7. The van der Waals surface area contributed by atoms with Crippen molar-refractivity contribution in [3.63, 3.8) is 0 Å². The van der Waals surface area contributed by atoms with E-state index >= 15 is 0 Å². The van der Waals surface area contributed by atoms with Crippen LogP contribution >= 0.6 is 0 Å². The van der Waals surface area contributed by atoms with E-state index in [2.05, 4.69) is 4.65 Å². The maximum absolute atomic E-state index is 14.2. The number of benzene rings is 1. The Labute approximate surface area is 368 Å². The molecule has 4 rings (SSSR count). The summed E-state index contributed by atoms with van der Waals surface area (Å²) >= 11 is 0. The summed E-state index contributed by atoms with van der Waals surface area (Å²) in [4.78, 5) is 30.1. The number of carbonyl (C=O) groups is 2. The molecule has 18 heteroatoms. The van der Waals surface area contributed by atoms with Gasteiger partial charge in [0.15, 0.2) is 12.6 Å². The number of esters is 1. The second kappa shape index (κ2) is 22.7. The Kier molecular flexibility index (Phi) is 19.8. The summed E-state index contributed by atoms with van der Waals surface area (Å²) in [6.07, 6.45) is -8.73. The molecule has 0 aliphatic carbocycles. The zero-order valence-electron chi connectivity index (χ0n) is 39.2. The molecule has 1 aromatic carbocycles. The van der Waals surface area contributed by atoms with Crippen LogP contribution in [0.15, 0.2) is 30.3 Å². The number of methoxy groups -OCH3 is 2. The van der Waals surface area contributed by atoms with Gasteiger partial charge in [0.2, 0.25) is 0 Å². The summed E-state index contributed by atoms with van der Waals surface area (Å²) in [6, 6.07) is 8.31. The Balaban J connectivity index is 0.000000895. The Hall–Kier alpha value is -2.30. The van der Waals surface area contributed by atoms with Crippen molar-refractivity contribution < 1.29 is 77.9 Å². The quantitative estimate of drug-likeness (QED) is 0.146. The molecule has 0 radical (unpaired) electrons. The first kappa shape index (κ1) is 54.0. The number of hydrogen-bond donors (Lipinski definition) is 6. The summed E-state index contributed by atoms with van der Waals surface area (Å²) in [6.45, 7) is 17.1. The van der Waals surface area contributed by atoms with Crippen LogP contribution in [0.3, 0.4) is 0 Å². The molecule has 3 aliphatic heterocycles. The molecule has 3 aliphatic rings. The predicted molar refractivity (Wildman–Crippen MR) is 228 cm³/mol. The first-order chi connectivity index (χ1) is 28.8. The number of carbonyl (C=O) groups excluding carboxylic acids is 2. The molecule has 3 fully saturated rings. The average molecular weight is 886 g/mol. The van der Waals surface area contributed by atoms with Crippen LogP contribution in [-0.2, 0) is 42.7 Å². The third kappa shape index (κ3) is 12.9. The van der Waals surface area contributed by atoms with E-state index in [0.717, 1.165) is 0 Å². The molecule has 0 aromatic heterocycles. The lowest BCUT2D eigenvalue weighted by Crippen LogP contribution is -2.61. The van der Waals surface area contributed by atoms with E-state index in [0.29, 0.717) is 12.2 Å². The van der Waals surface area contributed by atoms with Crippen LogP contribution in [0.1, 0.15) is 94.9 Å². The Morgan fingerprint density at radius 2 is 1.44 bits per heavy atom. The van der Waals surface area contributed by atoms with Gasteiger partial charge in [-0.2, -0.15) is 0 Å². The first-order valence-electron chi connectivity index (χ1n) is 21.7. The second-order valence-corrected chi connectivity index (χ2v) is 18.4. The molecule has 0 bridgehead atoms. The summed E-state index contributed by atoms with van der Waals surface area (Å²) in [5, 5.41) is 62.2. The minimum Gasteiger partial charge on any atom is -0.512 e. The van der Waals surface area contributed by atoms with Crippen LogP contribution in [0.4, 0.5) is 0 Å². The number of nitrogens with zero attached hydrogens (tertiary/aromatic N) is 1. The van der Waals surface area contributed by atoms with E-state index in [-0.39, 0.29) is 37.2 Å². The molecular weight excluding hydrogens is 809 g/mol. The van der Waals surface area contributed by atoms with Gasteiger partial charge in [-0.25, -0.2) is 0 Å². The molecule has 6 N–H and O–H groups in total. The van der Waals surface area contributed by atoms with Gasteiger partial charge in [0, 0.05) is 44.4 Å². The van der Waals surface area contributed by atoms with Gasteiger partial charge in [0.05, 0.1) is 47.6 Å². The minimum atomic E-state index is -1.96. The molecule has 17 nitrogen and oxygen atoms in total. The van der Waals surface area contributed by atoms with Crippen molar-refractivity contribution in [2.75, 3.05) is 28.3 Å². The van der Waals surface area contributed by atoms with Gasteiger partial charge in [-0.1, -0.05) is 45.9 Å². The highest BCUT2D eigenvalue weighted by atomic mass is 16.7. The second-order valence-electron chi connectivity index (χ2n) is 18.4. The number of ketones is 1. The van der Waals surface area contributed by atoms with Gasteiger partial charge >= 0.3 is 13.3 Å². The number of rotatable bonds is 10. The fraction of sp³-hybridized carbons (Fsp3) is 0.818. The van der Waals surface area contributed by atoms with Crippen LogP contribution in [0, 0.1) is 23.7 Å². The summed E-state index contributed by atoms with van der Waals surface area (Å²) in [5.74, 6) is -4.03. The Morgan fingerprint density at radius 3 is 1.97 bits per heavy atom. The van der Waals surface area contributed by atoms with Crippen LogP contribution in [0.5, 0.6) is 5.75 Å². The standard InChI is InChI=1S/C38H69NO13.C6H7BO3/c1-15-26-38(10,45)31(42)21(4)28(40)19(2)17-37(9,47-14)33(52-35-29(41)25(39(11)12)16-20(3)48-35)22(5)30(23(6)34(44)50-26)51-27-18-36(8,46-13)32(43)24(7)49-27;8-7(9)10-6-4-2-1-3-5-6/h19-27,29-33,35,41-43,45H,15-18H2,1-14H3;1-5,8-9H/t19-,20-,21+,22+,23-,24+,25+,26-,27+,29-,30+,31-,32+,33-,35+,36-,37-,38-;/m1./s1. The monoisotopic (exact) mass is 886 g/mol. The number of para-hydroxylation sites is 1. The van der Waals surface area contributed by atoms with Crippen molar-refractivity contribution in [3.8, 4) is 5.75 Å². The van der Waals surface area contributed by atoms with Crippen molar-refractivity contribution in [2.24, 2.45) is 23.7 Å². The molecule has 0 saturated carbocycles. The maximum atomic E-state index is 14.2. The smallest absolute Gasteiger partial charge is 0.512 e. The van der Waals surface area contributed by atoms with Gasteiger partial charge in [-0.15, -0.1) is 0 Å². The SMILES string of the molecule is CC[C@H]1OC(=O)[C@H](C)[C@@H](O[C@H]2C[C@@](C)(OC)[C@@H](O)[C@H](C)O2)[C@H](C)[C@@H](O[C@@H]2O[C@H](C)C[C@H](N(C)C)[C@H]2O)[C@](C)(OC)C[C@@H](C)C(=O)[C@H](C)[C@@H](O)[C@]1(C)O.OB(O)Oc1ccccc1. The van der Waals surface area contributed by atoms with E-state index in [1.165, 1.54) is 21.1 Å². The van der Waals surface area contributed by atoms with Crippen LogP contribution in [0.2, 0.25) is 0 Å². The van der Waals surface area contributed by atoms with Crippen molar-refractivity contribution >= 4 is 19.1 Å². The normalized spacial score (nSPS) is 42.6. The molecular formula is C44H76BNO16. The van der Waals surface area contributed by atoms with Crippen LogP contribution < -0.4 is 4.65 Å². The highest BCUT2D eigenvalue weighted by Gasteiger charge is 2.54. The molecule has 0 amide bonds. The summed E-state index contributed by atoms with van der Waals surface area (Å²) in [5.41, 5.74) is -4.24. The van der Waals surface area contributed by atoms with Crippen molar-refractivity contribution in [1.29, 1.82) is 0 Å². The van der Waals surface area contributed by atoms with Crippen molar-refractivity contribution in [3.05, 3.63) is 30.3 Å². The predicted octanol–water partition coefficient (Wildman–Crippen LogP) is 2.47. The lowest BCUT2D eigenvalue weighted by molar-refractivity contribution is -0.319. The number of aliphatic hydroxyl groups excluding tert-OH is 3. The van der Waals surface area contributed by atoms with Gasteiger partial charge < -0.3 is 73.2 Å². The number of hydrogen-bond acceptors (Lipinski definition) is 17. The highest BCUT2D eigenvalue weighted by Crippen LogP contribution is 2.42. The molecule has 0 unspecified atom stereocenters. The third-order valence-electron chi connectivity index (χ3n) is 13.3. The van der Waals surface area contributed by atoms with Crippen LogP contribution in [0.25, 0.3) is 0 Å². The number of aliphatic hydroxyl groups is 4.